The van der Waals surface area contributed by atoms with Gasteiger partial charge in [-0.15, -0.1) is 16.8 Å². The highest BCUT2D eigenvalue weighted by atomic mass is 32.2. The largest absolute Gasteiger partial charge is 0.463 e. The van der Waals surface area contributed by atoms with Crippen LogP contribution in [0.2, 0.25) is 0 Å². The Morgan fingerprint density at radius 3 is 2.81 bits per heavy atom. The molecule has 1 saturated carbocycles. The van der Waals surface area contributed by atoms with Crippen molar-refractivity contribution in [3.63, 3.8) is 0 Å². The van der Waals surface area contributed by atoms with E-state index in [1.807, 2.05) is 13.0 Å². The van der Waals surface area contributed by atoms with Crippen molar-refractivity contribution in [2.45, 2.75) is 56.8 Å². The number of urea groups is 1. The number of hydrogen-bond acceptors (Lipinski definition) is 6. The Labute approximate surface area is 162 Å². The van der Waals surface area contributed by atoms with Gasteiger partial charge in [0.05, 0.1) is 18.2 Å². The quantitative estimate of drug-likeness (QED) is 0.381. The lowest BCUT2D eigenvalue weighted by molar-refractivity contribution is -0.139. The minimum Gasteiger partial charge on any atom is -0.463 e. The van der Waals surface area contributed by atoms with Crippen LogP contribution in [0.25, 0.3) is 0 Å². The molecule has 27 heavy (non-hydrogen) atoms. The van der Waals surface area contributed by atoms with Crippen molar-refractivity contribution in [1.82, 2.24) is 25.4 Å². The number of amides is 2. The smallest absolute Gasteiger partial charge is 0.337 e. The van der Waals surface area contributed by atoms with E-state index in [1.54, 1.807) is 6.92 Å². The number of rotatable bonds is 9. The Hall–Kier alpha value is -2.29. The Morgan fingerprint density at radius 1 is 1.41 bits per heavy atom. The molecule has 0 radical (unpaired) electrons. The molecule has 2 aliphatic rings. The predicted molar refractivity (Wildman–Crippen MR) is 102 cm³/mol. The number of esters is 1. The molecule has 0 aromatic carbocycles. The zero-order chi connectivity index (χ0) is 19.4. The number of aromatic nitrogens is 3. The molecule has 8 nitrogen and oxygen atoms in total. The second kappa shape index (κ2) is 8.60. The zero-order valence-electron chi connectivity index (χ0n) is 15.7. The van der Waals surface area contributed by atoms with Crippen LogP contribution in [0.4, 0.5) is 4.79 Å². The standard InChI is InChI=1S/C18H25N5O3S/c1-4-9-23-15(11-7-8-11)21-22-18(23)27-10-13-14(16(24)26-6-3)12(5-2)19-17(25)20-13/h4,11-12H,1,5-10H2,2-3H3,(H2,19,20,25). The van der Waals surface area contributed by atoms with Gasteiger partial charge in [0.25, 0.3) is 0 Å². The summed E-state index contributed by atoms with van der Waals surface area (Å²) in [6.45, 7) is 8.41. The zero-order valence-corrected chi connectivity index (χ0v) is 16.5. The number of nitrogens with zero attached hydrogens (tertiary/aromatic N) is 3. The Balaban J connectivity index is 1.84. The maximum atomic E-state index is 12.4. The number of carbonyl (C=O) groups excluding carboxylic acids is 2. The van der Waals surface area contributed by atoms with Crippen molar-refractivity contribution >= 4 is 23.8 Å². The first-order valence-corrected chi connectivity index (χ1v) is 10.2. The lowest BCUT2D eigenvalue weighted by atomic mass is 10.0. The Morgan fingerprint density at radius 2 is 2.19 bits per heavy atom. The number of thioether (sulfide) groups is 1. The molecule has 2 heterocycles. The van der Waals surface area contributed by atoms with Crippen molar-refractivity contribution in [2.75, 3.05) is 12.4 Å². The second-order valence-electron chi connectivity index (χ2n) is 6.47. The molecule has 2 amide bonds. The van der Waals surface area contributed by atoms with E-state index in [4.69, 9.17) is 4.74 Å². The third-order valence-corrected chi connectivity index (χ3v) is 5.49. The molecule has 2 N–H and O–H groups in total. The van der Waals surface area contributed by atoms with Gasteiger partial charge < -0.3 is 19.9 Å². The monoisotopic (exact) mass is 391 g/mol. The highest BCUT2D eigenvalue weighted by molar-refractivity contribution is 7.99. The molecule has 1 aliphatic heterocycles. The van der Waals surface area contributed by atoms with Gasteiger partial charge in [-0.1, -0.05) is 24.8 Å². The molecule has 0 bridgehead atoms. The van der Waals surface area contributed by atoms with Crippen molar-refractivity contribution in [1.29, 1.82) is 0 Å². The maximum Gasteiger partial charge on any atom is 0.337 e. The summed E-state index contributed by atoms with van der Waals surface area (Å²) >= 11 is 1.45. The van der Waals surface area contributed by atoms with E-state index >= 15 is 0 Å². The first kappa shape index (κ1) is 19.5. The van der Waals surface area contributed by atoms with Crippen LogP contribution >= 0.6 is 11.8 Å². The number of allylic oxidation sites excluding steroid dienone is 1. The fourth-order valence-corrected chi connectivity index (χ4v) is 3.99. The lowest BCUT2D eigenvalue weighted by Gasteiger charge is -2.28. The minimum atomic E-state index is -0.404. The van der Waals surface area contributed by atoms with Crippen molar-refractivity contribution in [3.8, 4) is 0 Å². The van der Waals surface area contributed by atoms with Crippen LogP contribution in [-0.4, -0.2) is 45.2 Å². The highest BCUT2D eigenvalue weighted by Gasteiger charge is 2.33. The van der Waals surface area contributed by atoms with Crippen LogP contribution in [0.5, 0.6) is 0 Å². The molecule has 1 fully saturated rings. The van der Waals surface area contributed by atoms with Crippen LogP contribution in [0.3, 0.4) is 0 Å². The van der Waals surface area contributed by atoms with E-state index < -0.39 is 5.97 Å². The van der Waals surface area contributed by atoms with E-state index in [1.165, 1.54) is 11.8 Å². The second-order valence-corrected chi connectivity index (χ2v) is 7.42. The summed E-state index contributed by atoms with van der Waals surface area (Å²) < 4.78 is 7.25. The van der Waals surface area contributed by atoms with Crippen LogP contribution in [0, 0.1) is 0 Å². The van der Waals surface area contributed by atoms with E-state index in [0.717, 1.165) is 23.8 Å². The maximum absolute atomic E-state index is 12.4. The number of carbonyl (C=O) groups is 2. The first-order valence-electron chi connectivity index (χ1n) is 9.23. The third kappa shape index (κ3) is 4.35. The van der Waals surface area contributed by atoms with E-state index in [0.29, 0.717) is 35.9 Å². The fourth-order valence-electron chi connectivity index (χ4n) is 3.06. The molecule has 0 spiro atoms. The van der Waals surface area contributed by atoms with E-state index in [9.17, 15) is 9.59 Å². The third-order valence-electron chi connectivity index (χ3n) is 4.49. The number of hydrogen-bond donors (Lipinski definition) is 2. The first-order chi connectivity index (χ1) is 13.1. The van der Waals surface area contributed by atoms with Gasteiger partial charge in [0, 0.05) is 23.9 Å². The Kier molecular flexibility index (Phi) is 6.20. The van der Waals surface area contributed by atoms with E-state index in [-0.39, 0.29) is 18.7 Å². The van der Waals surface area contributed by atoms with Crippen LogP contribution in [0.1, 0.15) is 44.9 Å². The van der Waals surface area contributed by atoms with E-state index in [2.05, 4.69) is 32.0 Å². The molecule has 0 saturated heterocycles. The average molecular weight is 391 g/mol. The highest BCUT2D eigenvalue weighted by Crippen LogP contribution is 2.40. The van der Waals surface area contributed by atoms with Crippen LogP contribution < -0.4 is 10.6 Å². The fraction of sp³-hybridized carbons (Fsp3) is 0.556. The molecule has 1 unspecified atom stereocenters. The Bertz CT molecular complexity index is 769. The average Bonchev–Trinajstić information content (AvgIpc) is 3.41. The molecule has 1 aromatic rings. The summed E-state index contributed by atoms with van der Waals surface area (Å²) in [6.07, 6.45) is 4.70. The molecule has 146 valence electrons. The van der Waals surface area contributed by atoms with Crippen LogP contribution in [0.15, 0.2) is 29.1 Å². The van der Waals surface area contributed by atoms with Gasteiger partial charge in [-0.05, 0) is 26.2 Å². The van der Waals surface area contributed by atoms with Gasteiger partial charge in [0.2, 0.25) is 0 Å². The molecule has 1 aromatic heterocycles. The van der Waals surface area contributed by atoms with Gasteiger partial charge in [-0.25, -0.2) is 9.59 Å². The van der Waals surface area contributed by atoms with Crippen molar-refractivity contribution in [2.24, 2.45) is 0 Å². The normalized spacial score (nSPS) is 19.5. The minimum absolute atomic E-state index is 0.283. The summed E-state index contributed by atoms with van der Waals surface area (Å²) in [5.41, 5.74) is 1.04. The van der Waals surface area contributed by atoms with Gasteiger partial charge >= 0.3 is 12.0 Å². The number of ether oxygens (including phenoxy) is 1. The van der Waals surface area contributed by atoms with Crippen molar-refractivity contribution < 1.29 is 14.3 Å². The molecular weight excluding hydrogens is 366 g/mol. The van der Waals surface area contributed by atoms with Gasteiger partial charge in [-0.3, -0.25) is 0 Å². The molecule has 9 heteroatoms. The summed E-state index contributed by atoms with van der Waals surface area (Å²) in [5.74, 6) is 1.46. The van der Waals surface area contributed by atoms with Crippen molar-refractivity contribution in [3.05, 3.63) is 29.7 Å². The lowest BCUT2D eigenvalue weighted by Crippen LogP contribution is -2.50. The summed E-state index contributed by atoms with van der Waals surface area (Å²) in [6, 6.07) is -0.668. The molecule has 3 rings (SSSR count). The number of nitrogens with one attached hydrogen (secondary N) is 2. The molecular formula is C18H25N5O3S. The molecule has 1 atom stereocenters. The SMILES string of the molecule is C=CCn1c(SCC2=C(C(=O)OCC)C(CC)NC(=O)N2)nnc1C1CC1. The van der Waals surface area contributed by atoms with Gasteiger partial charge in [0.15, 0.2) is 5.16 Å². The van der Waals surface area contributed by atoms with Gasteiger partial charge in [0.1, 0.15) is 5.82 Å². The summed E-state index contributed by atoms with van der Waals surface area (Å²) in [5, 5.41) is 14.9. The summed E-state index contributed by atoms with van der Waals surface area (Å²) in [4.78, 5) is 24.4. The van der Waals surface area contributed by atoms with Gasteiger partial charge in [-0.2, -0.15) is 0 Å². The predicted octanol–water partition coefficient (Wildman–Crippen LogP) is 2.34. The topological polar surface area (TPSA) is 98.1 Å². The summed E-state index contributed by atoms with van der Waals surface area (Å²) in [7, 11) is 0. The van der Waals surface area contributed by atoms with Crippen LogP contribution in [-0.2, 0) is 16.1 Å². The molecule has 1 aliphatic carbocycles.